The third kappa shape index (κ3) is 3.65. The largest absolute Gasteiger partial charge is 0.481 e. The topological polar surface area (TPSA) is 77.9 Å². The summed E-state index contributed by atoms with van der Waals surface area (Å²) in [5.41, 5.74) is 0. The van der Waals surface area contributed by atoms with E-state index in [4.69, 9.17) is 5.11 Å². The highest BCUT2D eigenvalue weighted by Crippen LogP contribution is 2.30. The standard InChI is InChI=1S/C10H20N2O4S/c1-3-11(4-2)17(15,16)12(9-5-6-9)8-7-10(13)14/h9H,3-8H2,1-2H3,(H,13,14). The van der Waals surface area contributed by atoms with Gasteiger partial charge in [-0.2, -0.15) is 17.0 Å². The van der Waals surface area contributed by atoms with E-state index >= 15 is 0 Å². The lowest BCUT2D eigenvalue weighted by Gasteiger charge is -2.28. The van der Waals surface area contributed by atoms with Gasteiger partial charge in [-0.1, -0.05) is 13.8 Å². The summed E-state index contributed by atoms with van der Waals surface area (Å²) in [5.74, 6) is -0.967. The average Bonchev–Trinajstić information content (AvgIpc) is 3.02. The molecular formula is C10H20N2O4S. The molecule has 1 N–H and O–H groups in total. The summed E-state index contributed by atoms with van der Waals surface area (Å²) >= 11 is 0. The van der Waals surface area contributed by atoms with Crippen LogP contribution in [-0.4, -0.2) is 53.8 Å². The SMILES string of the molecule is CCN(CC)S(=O)(=O)N(CCC(=O)O)C1CC1. The van der Waals surface area contributed by atoms with Crippen LogP contribution in [0.3, 0.4) is 0 Å². The lowest BCUT2D eigenvalue weighted by molar-refractivity contribution is -0.137. The monoisotopic (exact) mass is 264 g/mol. The Morgan fingerprint density at radius 2 is 1.82 bits per heavy atom. The average molecular weight is 264 g/mol. The van der Waals surface area contributed by atoms with Gasteiger partial charge < -0.3 is 5.11 Å². The molecule has 0 aromatic rings. The van der Waals surface area contributed by atoms with E-state index in [2.05, 4.69) is 0 Å². The Labute approximate surface area is 102 Å². The van der Waals surface area contributed by atoms with E-state index in [1.807, 2.05) is 0 Å². The quantitative estimate of drug-likeness (QED) is 0.693. The summed E-state index contributed by atoms with van der Waals surface area (Å²) in [6.45, 7) is 4.45. The number of carboxylic acids is 1. The minimum Gasteiger partial charge on any atom is -0.481 e. The van der Waals surface area contributed by atoms with E-state index in [-0.39, 0.29) is 19.0 Å². The Bertz CT molecular complexity index is 361. The Hall–Kier alpha value is -0.660. The number of hydrogen-bond donors (Lipinski definition) is 1. The lowest BCUT2D eigenvalue weighted by Crippen LogP contribution is -2.45. The van der Waals surface area contributed by atoms with Crippen LogP contribution in [0, 0.1) is 0 Å². The first kappa shape index (κ1) is 14.4. The van der Waals surface area contributed by atoms with Gasteiger partial charge in [-0.3, -0.25) is 4.79 Å². The minimum atomic E-state index is -3.49. The molecule has 0 aliphatic heterocycles. The van der Waals surface area contributed by atoms with Gasteiger partial charge >= 0.3 is 5.97 Å². The molecule has 0 heterocycles. The number of aliphatic carboxylic acids is 1. The van der Waals surface area contributed by atoms with E-state index in [0.29, 0.717) is 13.1 Å². The fraction of sp³-hybridized carbons (Fsp3) is 0.900. The summed E-state index contributed by atoms with van der Waals surface area (Å²) in [4.78, 5) is 10.5. The molecule has 0 unspecified atom stereocenters. The molecule has 0 atom stereocenters. The van der Waals surface area contributed by atoms with Crippen molar-refractivity contribution in [3.8, 4) is 0 Å². The summed E-state index contributed by atoms with van der Waals surface area (Å²) in [6.07, 6.45) is 1.53. The Balaban J connectivity index is 2.78. The van der Waals surface area contributed by atoms with Crippen LogP contribution in [0.25, 0.3) is 0 Å². The van der Waals surface area contributed by atoms with Crippen molar-refractivity contribution in [2.75, 3.05) is 19.6 Å². The van der Waals surface area contributed by atoms with Crippen molar-refractivity contribution < 1.29 is 18.3 Å². The second-order valence-electron chi connectivity index (χ2n) is 4.08. The Morgan fingerprint density at radius 1 is 1.29 bits per heavy atom. The fourth-order valence-electron chi connectivity index (χ4n) is 1.75. The van der Waals surface area contributed by atoms with Crippen molar-refractivity contribution in [3.63, 3.8) is 0 Å². The number of nitrogens with zero attached hydrogens (tertiary/aromatic N) is 2. The van der Waals surface area contributed by atoms with Crippen LogP contribution in [-0.2, 0) is 15.0 Å². The molecule has 0 saturated heterocycles. The molecular weight excluding hydrogens is 244 g/mol. The molecule has 7 heteroatoms. The van der Waals surface area contributed by atoms with E-state index < -0.39 is 16.2 Å². The summed E-state index contributed by atoms with van der Waals surface area (Å²) in [7, 11) is -3.49. The van der Waals surface area contributed by atoms with Gasteiger partial charge in [0.2, 0.25) is 0 Å². The number of rotatable bonds is 8. The maximum Gasteiger partial charge on any atom is 0.304 e. The molecule has 1 saturated carbocycles. The van der Waals surface area contributed by atoms with Crippen LogP contribution in [0.5, 0.6) is 0 Å². The van der Waals surface area contributed by atoms with Gasteiger partial charge in [0, 0.05) is 25.7 Å². The molecule has 0 aromatic heterocycles. The van der Waals surface area contributed by atoms with Gasteiger partial charge in [0.25, 0.3) is 10.2 Å². The molecule has 0 amide bonds. The molecule has 0 spiro atoms. The smallest absolute Gasteiger partial charge is 0.304 e. The van der Waals surface area contributed by atoms with Crippen LogP contribution in [0.4, 0.5) is 0 Å². The van der Waals surface area contributed by atoms with Gasteiger partial charge in [-0.05, 0) is 12.8 Å². The van der Waals surface area contributed by atoms with Crippen LogP contribution >= 0.6 is 0 Å². The summed E-state index contributed by atoms with van der Waals surface area (Å²) in [5, 5.41) is 8.65. The number of carboxylic acid groups (broad SMARTS) is 1. The fourth-order valence-corrected chi connectivity index (χ4v) is 3.61. The third-order valence-electron chi connectivity index (χ3n) is 2.83. The van der Waals surface area contributed by atoms with E-state index in [1.54, 1.807) is 13.8 Å². The second-order valence-corrected chi connectivity index (χ2v) is 5.96. The Kier molecular flexibility index (Phi) is 4.91. The van der Waals surface area contributed by atoms with Crippen LogP contribution in [0.2, 0.25) is 0 Å². The lowest BCUT2D eigenvalue weighted by atomic mass is 10.4. The van der Waals surface area contributed by atoms with Crippen LogP contribution in [0.15, 0.2) is 0 Å². The molecule has 17 heavy (non-hydrogen) atoms. The molecule has 1 rings (SSSR count). The maximum atomic E-state index is 12.2. The van der Waals surface area contributed by atoms with Gasteiger partial charge in [0.05, 0.1) is 6.42 Å². The van der Waals surface area contributed by atoms with Crippen molar-refractivity contribution >= 4 is 16.2 Å². The molecule has 100 valence electrons. The highest BCUT2D eigenvalue weighted by molar-refractivity contribution is 7.86. The zero-order valence-corrected chi connectivity index (χ0v) is 11.1. The van der Waals surface area contributed by atoms with Gasteiger partial charge in [-0.25, -0.2) is 0 Å². The predicted molar refractivity (Wildman–Crippen MR) is 63.8 cm³/mol. The van der Waals surface area contributed by atoms with Crippen LogP contribution < -0.4 is 0 Å². The predicted octanol–water partition coefficient (Wildman–Crippen LogP) is 0.512. The van der Waals surface area contributed by atoms with Crippen LogP contribution in [0.1, 0.15) is 33.1 Å². The molecule has 0 radical (unpaired) electrons. The molecule has 1 aliphatic carbocycles. The van der Waals surface area contributed by atoms with E-state index in [0.717, 1.165) is 12.8 Å². The maximum absolute atomic E-state index is 12.2. The highest BCUT2D eigenvalue weighted by atomic mass is 32.2. The first-order valence-corrected chi connectivity index (χ1v) is 7.31. The van der Waals surface area contributed by atoms with Crippen molar-refractivity contribution in [1.29, 1.82) is 0 Å². The first-order chi connectivity index (χ1) is 7.93. The zero-order chi connectivity index (χ0) is 13.1. The first-order valence-electron chi connectivity index (χ1n) is 5.92. The molecule has 0 bridgehead atoms. The number of hydrogen-bond acceptors (Lipinski definition) is 3. The number of carbonyl (C=O) groups is 1. The van der Waals surface area contributed by atoms with Gasteiger partial charge in [-0.15, -0.1) is 0 Å². The third-order valence-corrected chi connectivity index (χ3v) is 5.07. The summed E-state index contributed by atoms with van der Waals surface area (Å²) < 4.78 is 27.2. The Morgan fingerprint density at radius 3 is 2.18 bits per heavy atom. The molecule has 0 aromatic carbocycles. The van der Waals surface area contributed by atoms with Crippen molar-refractivity contribution in [1.82, 2.24) is 8.61 Å². The summed E-state index contributed by atoms with van der Waals surface area (Å²) in [6, 6.07) is -0.0000463. The normalized spacial score (nSPS) is 16.7. The highest BCUT2D eigenvalue weighted by Gasteiger charge is 2.39. The molecule has 6 nitrogen and oxygen atoms in total. The van der Waals surface area contributed by atoms with E-state index in [9.17, 15) is 13.2 Å². The van der Waals surface area contributed by atoms with E-state index in [1.165, 1.54) is 8.61 Å². The molecule has 1 aliphatic rings. The minimum absolute atomic E-state index is 0.0000463. The van der Waals surface area contributed by atoms with Crippen molar-refractivity contribution in [2.24, 2.45) is 0 Å². The van der Waals surface area contributed by atoms with Gasteiger partial charge in [0.15, 0.2) is 0 Å². The zero-order valence-electron chi connectivity index (χ0n) is 10.3. The van der Waals surface area contributed by atoms with Crippen molar-refractivity contribution in [3.05, 3.63) is 0 Å². The van der Waals surface area contributed by atoms with Gasteiger partial charge in [0.1, 0.15) is 0 Å². The second kappa shape index (κ2) is 5.79. The van der Waals surface area contributed by atoms with Crippen molar-refractivity contribution in [2.45, 2.75) is 39.2 Å². The molecule has 1 fully saturated rings.